The molecule has 1 saturated heterocycles. The topological polar surface area (TPSA) is 77.5 Å². The summed E-state index contributed by atoms with van der Waals surface area (Å²) >= 11 is 0. The van der Waals surface area contributed by atoms with Gasteiger partial charge in [0.05, 0.1) is 0 Å². The van der Waals surface area contributed by atoms with Gasteiger partial charge >= 0.3 is 0 Å². The number of aliphatic hydroxyl groups is 1. The summed E-state index contributed by atoms with van der Waals surface area (Å²) in [5.41, 5.74) is -1.33. The first kappa shape index (κ1) is 6.44. The lowest BCUT2D eigenvalue weighted by molar-refractivity contribution is -0.507. The Morgan fingerprint density at radius 2 is 2.44 bits per heavy atom. The second-order valence-electron chi connectivity index (χ2n) is 2.11. The minimum absolute atomic E-state index is 0.425. The molecule has 1 heterocycles. The standard InChI is InChI=1S/C4H7N2O3/c7-4(1-2-5-4)3-6(8)9/h7H,1-3H2. The first-order valence-electron chi connectivity index (χ1n) is 2.65. The molecule has 5 heteroatoms. The van der Waals surface area contributed by atoms with Crippen molar-refractivity contribution in [1.82, 2.24) is 5.32 Å². The summed E-state index contributed by atoms with van der Waals surface area (Å²) in [6, 6.07) is 0. The molecule has 1 aliphatic heterocycles. The van der Waals surface area contributed by atoms with Crippen molar-refractivity contribution in [3.05, 3.63) is 10.1 Å². The Morgan fingerprint density at radius 3 is 2.56 bits per heavy atom. The maximum absolute atomic E-state index is 9.79. The maximum atomic E-state index is 9.79. The molecule has 1 fully saturated rings. The number of nitrogens with zero attached hydrogens (tertiary/aromatic N) is 2. The van der Waals surface area contributed by atoms with Crippen LogP contribution in [0.15, 0.2) is 0 Å². The highest BCUT2D eigenvalue weighted by molar-refractivity contribution is 4.84. The largest absolute Gasteiger partial charge is 0.369 e. The summed E-state index contributed by atoms with van der Waals surface area (Å²) in [4.78, 5) is 9.24. The monoisotopic (exact) mass is 131 g/mol. The van der Waals surface area contributed by atoms with Gasteiger partial charge in [0.2, 0.25) is 6.54 Å². The molecular formula is C4H7N2O3. The van der Waals surface area contributed by atoms with Crippen molar-refractivity contribution >= 4 is 0 Å². The molecule has 1 atom stereocenters. The van der Waals surface area contributed by atoms with Crippen LogP contribution in [-0.2, 0) is 0 Å². The van der Waals surface area contributed by atoms with E-state index in [0.29, 0.717) is 13.0 Å². The van der Waals surface area contributed by atoms with Gasteiger partial charge in [-0.1, -0.05) is 0 Å². The smallest absolute Gasteiger partial charge is 0.247 e. The normalized spacial score (nSPS) is 33.4. The van der Waals surface area contributed by atoms with Gasteiger partial charge in [-0.25, -0.2) is 5.32 Å². The van der Waals surface area contributed by atoms with Gasteiger partial charge in [0, 0.05) is 17.9 Å². The molecule has 1 N–H and O–H groups in total. The highest BCUT2D eigenvalue weighted by Crippen LogP contribution is 2.16. The lowest BCUT2D eigenvalue weighted by Crippen LogP contribution is -2.55. The van der Waals surface area contributed by atoms with Crippen LogP contribution in [0.25, 0.3) is 0 Å². The van der Waals surface area contributed by atoms with Crippen LogP contribution in [0.1, 0.15) is 6.42 Å². The molecule has 5 nitrogen and oxygen atoms in total. The van der Waals surface area contributed by atoms with Crippen molar-refractivity contribution in [1.29, 1.82) is 0 Å². The summed E-state index contributed by atoms with van der Waals surface area (Å²) < 4.78 is 0. The zero-order valence-electron chi connectivity index (χ0n) is 4.78. The fraction of sp³-hybridized carbons (Fsp3) is 1.00. The second kappa shape index (κ2) is 1.93. The van der Waals surface area contributed by atoms with Crippen molar-refractivity contribution in [2.75, 3.05) is 13.1 Å². The zero-order chi connectivity index (χ0) is 6.91. The molecular weight excluding hydrogens is 124 g/mol. The Kier molecular flexibility index (Phi) is 1.38. The third-order valence-corrected chi connectivity index (χ3v) is 1.30. The molecule has 1 aliphatic rings. The summed E-state index contributed by atoms with van der Waals surface area (Å²) in [5.74, 6) is 0. The van der Waals surface area contributed by atoms with Crippen molar-refractivity contribution in [3.8, 4) is 0 Å². The van der Waals surface area contributed by atoms with Crippen molar-refractivity contribution in [2.45, 2.75) is 12.1 Å². The van der Waals surface area contributed by atoms with Gasteiger partial charge in [0.1, 0.15) is 0 Å². The minimum atomic E-state index is -1.33. The molecule has 1 radical (unpaired) electrons. The van der Waals surface area contributed by atoms with E-state index in [2.05, 4.69) is 5.32 Å². The molecule has 0 amide bonds. The number of rotatable bonds is 2. The highest BCUT2D eigenvalue weighted by atomic mass is 16.6. The number of nitro groups is 1. The lowest BCUT2D eigenvalue weighted by atomic mass is 10.0. The molecule has 0 bridgehead atoms. The molecule has 1 rings (SSSR count). The van der Waals surface area contributed by atoms with Gasteiger partial charge in [-0.2, -0.15) is 0 Å². The summed E-state index contributed by atoms with van der Waals surface area (Å²) in [5, 5.41) is 22.3. The van der Waals surface area contributed by atoms with E-state index < -0.39 is 17.2 Å². The fourth-order valence-corrected chi connectivity index (χ4v) is 0.706. The quantitative estimate of drug-likeness (QED) is 0.384. The van der Waals surface area contributed by atoms with Gasteiger partial charge in [0.25, 0.3) is 0 Å². The first-order chi connectivity index (χ1) is 4.12. The van der Waals surface area contributed by atoms with Gasteiger partial charge in [-0.05, 0) is 0 Å². The molecule has 9 heavy (non-hydrogen) atoms. The summed E-state index contributed by atoms with van der Waals surface area (Å²) in [6.07, 6.45) is 0.425. The van der Waals surface area contributed by atoms with Crippen LogP contribution in [0.4, 0.5) is 0 Å². The molecule has 51 valence electrons. The number of hydrogen-bond donors (Lipinski definition) is 1. The predicted octanol–water partition coefficient (Wildman–Crippen LogP) is -1.04. The van der Waals surface area contributed by atoms with E-state index in [-0.39, 0.29) is 0 Å². The minimum Gasteiger partial charge on any atom is -0.369 e. The van der Waals surface area contributed by atoms with E-state index >= 15 is 0 Å². The van der Waals surface area contributed by atoms with Crippen LogP contribution in [-0.4, -0.2) is 28.8 Å². The third kappa shape index (κ3) is 1.36. The lowest BCUT2D eigenvalue weighted by Gasteiger charge is -2.31. The average Bonchev–Trinajstić information content (AvgIpc) is 1.60. The third-order valence-electron chi connectivity index (χ3n) is 1.30. The van der Waals surface area contributed by atoms with Crippen molar-refractivity contribution in [3.63, 3.8) is 0 Å². The maximum Gasteiger partial charge on any atom is 0.247 e. The Hall–Kier alpha value is -0.680. The molecule has 0 aromatic rings. The van der Waals surface area contributed by atoms with Crippen molar-refractivity contribution < 1.29 is 10.0 Å². The summed E-state index contributed by atoms with van der Waals surface area (Å²) in [6.45, 7) is 0.0946. The first-order valence-corrected chi connectivity index (χ1v) is 2.65. The number of hydrogen-bond acceptors (Lipinski definition) is 3. The van der Waals surface area contributed by atoms with E-state index in [0.717, 1.165) is 0 Å². The fourth-order valence-electron chi connectivity index (χ4n) is 0.706. The van der Waals surface area contributed by atoms with Gasteiger partial charge in [-0.3, -0.25) is 10.1 Å². The Labute approximate surface area is 51.8 Å². The molecule has 0 saturated carbocycles. The van der Waals surface area contributed by atoms with Crippen LogP contribution in [0.3, 0.4) is 0 Å². The molecule has 0 aromatic heterocycles. The molecule has 0 aromatic carbocycles. The summed E-state index contributed by atoms with van der Waals surface area (Å²) in [7, 11) is 0. The van der Waals surface area contributed by atoms with Crippen LogP contribution >= 0.6 is 0 Å². The van der Waals surface area contributed by atoms with E-state index in [1.54, 1.807) is 0 Å². The Balaban J connectivity index is 2.33. The van der Waals surface area contributed by atoms with Crippen LogP contribution in [0, 0.1) is 10.1 Å². The predicted molar refractivity (Wildman–Crippen MR) is 28.4 cm³/mol. The zero-order valence-corrected chi connectivity index (χ0v) is 4.78. The average molecular weight is 131 g/mol. The van der Waals surface area contributed by atoms with E-state index in [1.165, 1.54) is 0 Å². The SMILES string of the molecule is O=[N+]([O-])CC1(O)CC[N]1. The molecule has 1 unspecified atom stereocenters. The Bertz CT molecular complexity index is 132. The van der Waals surface area contributed by atoms with Crippen LogP contribution < -0.4 is 5.32 Å². The molecule has 0 spiro atoms. The Morgan fingerprint density at radius 1 is 1.89 bits per heavy atom. The highest BCUT2D eigenvalue weighted by Gasteiger charge is 2.40. The van der Waals surface area contributed by atoms with Crippen molar-refractivity contribution in [2.24, 2.45) is 0 Å². The van der Waals surface area contributed by atoms with Crippen LogP contribution in [0.2, 0.25) is 0 Å². The van der Waals surface area contributed by atoms with E-state index in [9.17, 15) is 10.1 Å². The molecule has 0 aliphatic carbocycles. The second-order valence-corrected chi connectivity index (χ2v) is 2.11. The van der Waals surface area contributed by atoms with E-state index in [4.69, 9.17) is 5.11 Å². The van der Waals surface area contributed by atoms with Gasteiger partial charge in [-0.15, -0.1) is 0 Å². The van der Waals surface area contributed by atoms with Gasteiger partial charge in [0.15, 0.2) is 5.72 Å². The van der Waals surface area contributed by atoms with Crippen LogP contribution in [0.5, 0.6) is 0 Å². The van der Waals surface area contributed by atoms with Gasteiger partial charge < -0.3 is 5.11 Å². The van der Waals surface area contributed by atoms with E-state index in [1.807, 2.05) is 0 Å².